The van der Waals surface area contributed by atoms with Crippen LogP contribution in [0.5, 0.6) is 5.75 Å². The van der Waals surface area contributed by atoms with Gasteiger partial charge in [-0.25, -0.2) is 9.38 Å². The molecule has 0 radical (unpaired) electrons. The van der Waals surface area contributed by atoms with Gasteiger partial charge in [0.25, 0.3) is 5.91 Å². The van der Waals surface area contributed by atoms with Gasteiger partial charge >= 0.3 is 0 Å². The lowest BCUT2D eigenvalue weighted by molar-refractivity contribution is -0.125. The van der Waals surface area contributed by atoms with E-state index < -0.39 is 0 Å². The normalized spacial score (nSPS) is 13.9. The minimum Gasteiger partial charge on any atom is -0.497 e. The molecule has 1 amide bonds. The lowest BCUT2D eigenvalue weighted by Crippen LogP contribution is -2.36. The van der Waals surface area contributed by atoms with Crippen LogP contribution in [0.4, 0.5) is 10.1 Å². The molecule has 0 spiro atoms. The molecule has 0 aromatic heterocycles. The Morgan fingerprint density at radius 3 is 2.52 bits per heavy atom. The van der Waals surface area contributed by atoms with E-state index in [2.05, 4.69) is 10.3 Å². The van der Waals surface area contributed by atoms with Gasteiger partial charge in [-0.15, -0.1) is 0 Å². The molecule has 0 unspecified atom stereocenters. The molecule has 1 aliphatic heterocycles. The number of hydrogen-bond acceptors (Lipinski definition) is 4. The van der Waals surface area contributed by atoms with E-state index >= 15 is 0 Å². The van der Waals surface area contributed by atoms with Gasteiger partial charge in [0.15, 0.2) is 0 Å². The summed E-state index contributed by atoms with van der Waals surface area (Å²) in [7, 11) is 1.60. The zero-order valence-electron chi connectivity index (χ0n) is 12.6. The predicted molar refractivity (Wildman–Crippen MR) is 85.9 cm³/mol. The van der Waals surface area contributed by atoms with Crippen LogP contribution in [0, 0.1) is 5.82 Å². The van der Waals surface area contributed by atoms with Gasteiger partial charge in [-0.3, -0.25) is 9.69 Å². The fourth-order valence-electron chi connectivity index (χ4n) is 2.28. The van der Waals surface area contributed by atoms with Crippen LogP contribution in [0.2, 0.25) is 0 Å². The third-order valence-electron chi connectivity index (χ3n) is 3.52. The van der Waals surface area contributed by atoms with Crippen molar-refractivity contribution in [3.8, 4) is 5.75 Å². The third kappa shape index (κ3) is 3.48. The molecule has 3 rings (SSSR count). The first kappa shape index (κ1) is 15.0. The van der Waals surface area contributed by atoms with E-state index in [0.717, 1.165) is 17.0 Å². The molecule has 0 aliphatic carbocycles. The molecule has 1 aliphatic rings. The Balaban J connectivity index is 1.72. The fourth-order valence-corrected chi connectivity index (χ4v) is 2.28. The number of guanidine groups is 1. The Morgan fingerprint density at radius 1 is 1.17 bits per heavy atom. The van der Waals surface area contributed by atoms with E-state index in [4.69, 9.17) is 4.74 Å². The summed E-state index contributed by atoms with van der Waals surface area (Å²) in [6.45, 7) is 0.459. The van der Waals surface area contributed by atoms with E-state index in [9.17, 15) is 9.18 Å². The van der Waals surface area contributed by atoms with Crippen molar-refractivity contribution < 1.29 is 13.9 Å². The second-order valence-corrected chi connectivity index (χ2v) is 5.10. The summed E-state index contributed by atoms with van der Waals surface area (Å²) >= 11 is 0. The predicted octanol–water partition coefficient (Wildman–Crippen LogP) is 2.64. The number of methoxy groups -OCH3 is 1. The highest BCUT2D eigenvalue weighted by molar-refractivity contribution is 6.08. The number of anilines is 1. The Labute approximate surface area is 133 Å². The summed E-state index contributed by atoms with van der Waals surface area (Å²) in [5.74, 6) is 0.852. The van der Waals surface area contributed by atoms with Crippen LogP contribution < -0.4 is 10.1 Å². The van der Waals surface area contributed by atoms with Crippen LogP contribution in [-0.2, 0) is 11.3 Å². The van der Waals surface area contributed by atoms with Crippen LogP contribution in [0.1, 0.15) is 5.56 Å². The number of benzene rings is 2. The van der Waals surface area contributed by atoms with Crippen LogP contribution >= 0.6 is 0 Å². The van der Waals surface area contributed by atoms with Gasteiger partial charge in [0.2, 0.25) is 5.96 Å². The van der Waals surface area contributed by atoms with Gasteiger partial charge in [-0.1, -0.05) is 12.1 Å². The number of aliphatic imine (C=N–C) groups is 1. The average molecular weight is 313 g/mol. The van der Waals surface area contributed by atoms with E-state index in [1.807, 2.05) is 24.3 Å². The highest BCUT2D eigenvalue weighted by atomic mass is 19.1. The Hall–Kier alpha value is -2.89. The number of halogens is 1. The largest absolute Gasteiger partial charge is 0.497 e. The SMILES string of the molecule is COc1ccc(NC2=NCC(=O)N2Cc2ccc(F)cc2)cc1. The van der Waals surface area contributed by atoms with Gasteiger partial charge in [-0.05, 0) is 42.0 Å². The molecule has 5 nitrogen and oxygen atoms in total. The first-order valence-electron chi connectivity index (χ1n) is 7.16. The number of nitrogens with zero attached hydrogens (tertiary/aromatic N) is 2. The number of carbonyl (C=O) groups excluding carboxylic acids is 1. The third-order valence-corrected chi connectivity index (χ3v) is 3.52. The molecule has 1 N–H and O–H groups in total. The van der Waals surface area contributed by atoms with Crippen molar-refractivity contribution in [2.75, 3.05) is 19.0 Å². The lowest BCUT2D eigenvalue weighted by atomic mass is 10.2. The number of rotatable bonds is 4. The molecule has 2 aromatic carbocycles. The molecule has 0 bridgehead atoms. The van der Waals surface area contributed by atoms with Gasteiger partial charge in [-0.2, -0.15) is 0 Å². The Morgan fingerprint density at radius 2 is 1.87 bits per heavy atom. The fraction of sp³-hybridized carbons (Fsp3) is 0.176. The van der Waals surface area contributed by atoms with Crippen molar-refractivity contribution in [3.05, 3.63) is 59.9 Å². The molecule has 6 heteroatoms. The van der Waals surface area contributed by atoms with Gasteiger partial charge in [0, 0.05) is 5.69 Å². The van der Waals surface area contributed by atoms with Crippen LogP contribution in [0.25, 0.3) is 0 Å². The van der Waals surface area contributed by atoms with Crippen LogP contribution in [-0.4, -0.2) is 30.4 Å². The molecule has 2 aromatic rings. The summed E-state index contributed by atoms with van der Waals surface area (Å²) in [5, 5.41) is 3.13. The number of hydrogen-bond donors (Lipinski definition) is 1. The Kier molecular flexibility index (Phi) is 4.23. The van der Waals surface area contributed by atoms with Gasteiger partial charge in [0.05, 0.1) is 13.7 Å². The number of nitrogens with one attached hydrogen (secondary N) is 1. The molecule has 1 heterocycles. The molecule has 0 atom stereocenters. The molecular formula is C17H16FN3O2. The summed E-state index contributed by atoms with van der Waals surface area (Å²) in [6, 6.07) is 13.4. The average Bonchev–Trinajstić information content (AvgIpc) is 2.91. The number of amides is 1. The maximum atomic E-state index is 13.0. The molecule has 0 saturated carbocycles. The lowest BCUT2D eigenvalue weighted by Gasteiger charge is -2.19. The topological polar surface area (TPSA) is 53.9 Å². The molecule has 0 saturated heterocycles. The molecule has 0 fully saturated rings. The Bertz CT molecular complexity index is 727. The maximum Gasteiger partial charge on any atom is 0.251 e. The van der Waals surface area contributed by atoms with E-state index in [0.29, 0.717) is 12.5 Å². The van der Waals surface area contributed by atoms with Crippen molar-refractivity contribution in [1.29, 1.82) is 0 Å². The van der Waals surface area contributed by atoms with Crippen molar-refractivity contribution in [2.45, 2.75) is 6.54 Å². The van der Waals surface area contributed by atoms with Gasteiger partial charge in [0.1, 0.15) is 18.1 Å². The van der Waals surface area contributed by atoms with Crippen molar-refractivity contribution >= 4 is 17.6 Å². The number of ether oxygens (including phenoxy) is 1. The second-order valence-electron chi connectivity index (χ2n) is 5.10. The van der Waals surface area contributed by atoms with E-state index in [1.165, 1.54) is 12.1 Å². The quantitative estimate of drug-likeness (QED) is 0.944. The molecular weight excluding hydrogens is 297 g/mol. The first-order valence-corrected chi connectivity index (χ1v) is 7.16. The summed E-state index contributed by atoms with van der Waals surface area (Å²) < 4.78 is 18.1. The van der Waals surface area contributed by atoms with Crippen LogP contribution in [0.15, 0.2) is 53.5 Å². The molecule has 23 heavy (non-hydrogen) atoms. The smallest absolute Gasteiger partial charge is 0.251 e. The van der Waals surface area contributed by atoms with E-state index in [1.54, 1.807) is 24.1 Å². The standard InChI is InChI=1S/C17H16FN3O2/c1-23-15-8-6-14(7-9-15)20-17-19-10-16(22)21(17)11-12-2-4-13(18)5-3-12/h2-9H,10-11H2,1H3,(H,19,20). The monoisotopic (exact) mass is 313 g/mol. The minimum absolute atomic E-state index is 0.0923. The van der Waals surface area contributed by atoms with Crippen molar-refractivity contribution in [1.82, 2.24) is 4.90 Å². The molecule has 118 valence electrons. The zero-order valence-corrected chi connectivity index (χ0v) is 12.6. The van der Waals surface area contributed by atoms with Gasteiger partial charge < -0.3 is 10.1 Å². The maximum absolute atomic E-state index is 13.0. The first-order chi connectivity index (χ1) is 11.2. The van der Waals surface area contributed by atoms with E-state index in [-0.39, 0.29) is 18.3 Å². The summed E-state index contributed by atoms with van der Waals surface area (Å²) in [6.07, 6.45) is 0. The second kappa shape index (κ2) is 6.48. The summed E-state index contributed by atoms with van der Waals surface area (Å²) in [5.41, 5.74) is 1.65. The highest BCUT2D eigenvalue weighted by Crippen LogP contribution is 2.18. The van der Waals surface area contributed by atoms with Crippen LogP contribution in [0.3, 0.4) is 0 Å². The number of carbonyl (C=O) groups is 1. The summed E-state index contributed by atoms with van der Waals surface area (Å²) in [4.78, 5) is 17.8. The van der Waals surface area contributed by atoms with Crippen molar-refractivity contribution in [3.63, 3.8) is 0 Å². The van der Waals surface area contributed by atoms with Crippen molar-refractivity contribution in [2.24, 2.45) is 4.99 Å². The highest BCUT2D eigenvalue weighted by Gasteiger charge is 2.25. The minimum atomic E-state index is -0.299. The zero-order chi connectivity index (χ0) is 16.2.